The lowest BCUT2D eigenvalue weighted by molar-refractivity contribution is -0.136. The van der Waals surface area contributed by atoms with Gasteiger partial charge in [-0.3, -0.25) is 4.79 Å². The fourth-order valence-electron chi connectivity index (χ4n) is 3.13. The van der Waals surface area contributed by atoms with E-state index in [4.69, 9.17) is 21.1 Å². The average molecular weight is 444 g/mol. The number of methoxy groups -OCH3 is 1. The third-order valence-corrected chi connectivity index (χ3v) is 5.10. The summed E-state index contributed by atoms with van der Waals surface area (Å²) < 4.78 is 10.3. The number of esters is 1. The van der Waals surface area contributed by atoms with Gasteiger partial charge in [-0.1, -0.05) is 23.7 Å². The molecule has 9 heteroatoms. The molecule has 0 bridgehead atoms. The minimum atomic E-state index is -0.710. The Morgan fingerprint density at radius 2 is 1.90 bits per heavy atom. The maximum atomic E-state index is 12.4. The first-order valence-corrected chi connectivity index (χ1v) is 9.79. The lowest BCUT2D eigenvalue weighted by Gasteiger charge is -2.33. The van der Waals surface area contributed by atoms with Gasteiger partial charge >= 0.3 is 12.0 Å². The number of hydrogen-bond acceptors (Lipinski definition) is 5. The predicted octanol–water partition coefficient (Wildman–Crippen LogP) is 3.50. The van der Waals surface area contributed by atoms with Gasteiger partial charge in [0.15, 0.2) is 6.61 Å². The highest BCUT2D eigenvalue weighted by atomic mass is 35.5. The van der Waals surface area contributed by atoms with Gasteiger partial charge in [-0.2, -0.15) is 0 Å². The predicted molar refractivity (Wildman–Crippen MR) is 116 cm³/mol. The van der Waals surface area contributed by atoms with E-state index < -0.39 is 12.0 Å². The van der Waals surface area contributed by atoms with Gasteiger partial charge in [-0.15, -0.1) is 0 Å². The number of nitrogens with one attached hydrogen (secondary N) is 2. The molecular formula is C22H22ClN3O5. The minimum Gasteiger partial charge on any atom is -0.484 e. The topological polar surface area (TPSA) is 97.0 Å². The first kappa shape index (κ1) is 22.2. The molecule has 8 nitrogen and oxygen atoms in total. The summed E-state index contributed by atoms with van der Waals surface area (Å²) in [6.45, 7) is 1.49. The number of halogens is 1. The van der Waals surface area contributed by atoms with Gasteiger partial charge in [0.25, 0.3) is 5.91 Å². The van der Waals surface area contributed by atoms with Crippen LogP contribution < -0.4 is 15.4 Å². The van der Waals surface area contributed by atoms with Crippen LogP contribution >= 0.6 is 11.6 Å². The Hall–Kier alpha value is -3.52. The molecule has 2 N–H and O–H groups in total. The Balaban J connectivity index is 1.75. The second kappa shape index (κ2) is 9.53. The fourth-order valence-corrected chi connectivity index (χ4v) is 3.26. The summed E-state index contributed by atoms with van der Waals surface area (Å²) in [7, 11) is 2.86. The third-order valence-electron chi connectivity index (χ3n) is 4.85. The van der Waals surface area contributed by atoms with Crippen LogP contribution in [0.1, 0.15) is 18.5 Å². The van der Waals surface area contributed by atoms with Gasteiger partial charge < -0.3 is 25.0 Å². The lowest BCUT2D eigenvalue weighted by Crippen LogP contribution is -2.46. The summed E-state index contributed by atoms with van der Waals surface area (Å²) in [5, 5.41) is 6.11. The van der Waals surface area contributed by atoms with E-state index in [2.05, 4.69) is 10.6 Å². The molecule has 0 aliphatic carbocycles. The quantitative estimate of drug-likeness (QED) is 0.666. The molecule has 162 valence electrons. The Morgan fingerprint density at radius 3 is 2.58 bits per heavy atom. The van der Waals surface area contributed by atoms with Crippen molar-refractivity contribution >= 4 is 35.2 Å². The third kappa shape index (κ3) is 5.16. The van der Waals surface area contributed by atoms with Crippen molar-refractivity contribution in [2.24, 2.45) is 0 Å². The van der Waals surface area contributed by atoms with Crippen LogP contribution in [0, 0.1) is 0 Å². The van der Waals surface area contributed by atoms with Crippen LogP contribution in [0.5, 0.6) is 5.75 Å². The van der Waals surface area contributed by atoms with E-state index in [1.165, 1.54) is 12.0 Å². The monoisotopic (exact) mass is 443 g/mol. The average Bonchev–Trinajstić information content (AvgIpc) is 2.76. The maximum Gasteiger partial charge on any atom is 0.337 e. The Labute approximate surface area is 184 Å². The Kier molecular flexibility index (Phi) is 6.81. The summed E-state index contributed by atoms with van der Waals surface area (Å²) in [6, 6.07) is 12.5. The molecule has 1 aliphatic heterocycles. The molecule has 0 radical (unpaired) electrons. The number of amides is 3. The highest BCUT2D eigenvalue weighted by Gasteiger charge is 2.34. The van der Waals surface area contributed by atoms with Crippen LogP contribution in [0.3, 0.4) is 0 Å². The molecule has 31 heavy (non-hydrogen) atoms. The van der Waals surface area contributed by atoms with Crippen molar-refractivity contribution in [2.45, 2.75) is 13.0 Å². The van der Waals surface area contributed by atoms with Crippen LogP contribution in [-0.2, 0) is 14.3 Å². The molecule has 3 rings (SSSR count). The van der Waals surface area contributed by atoms with Crippen molar-refractivity contribution in [3.05, 3.63) is 70.4 Å². The van der Waals surface area contributed by atoms with Gasteiger partial charge in [0.2, 0.25) is 0 Å². The SMILES string of the molecule is COC(=O)C1=C(C)N(C)C(=O)NC1c1cccc(NC(=O)COc2ccc(Cl)cc2)c1. The molecule has 2 aromatic carbocycles. The smallest absolute Gasteiger partial charge is 0.337 e. The van der Waals surface area contributed by atoms with Gasteiger partial charge in [0, 0.05) is 23.5 Å². The number of rotatable bonds is 6. The molecule has 0 saturated carbocycles. The van der Waals surface area contributed by atoms with Gasteiger partial charge in [0.1, 0.15) is 5.75 Å². The summed E-state index contributed by atoms with van der Waals surface area (Å²) in [5.41, 5.74) is 1.93. The zero-order chi connectivity index (χ0) is 22.5. The van der Waals surface area contributed by atoms with E-state index in [1.807, 2.05) is 0 Å². The molecule has 0 saturated heterocycles. The van der Waals surface area contributed by atoms with E-state index in [-0.39, 0.29) is 18.5 Å². The molecule has 1 atom stereocenters. The number of ether oxygens (including phenoxy) is 2. The van der Waals surface area contributed by atoms with E-state index in [0.717, 1.165) is 0 Å². The van der Waals surface area contributed by atoms with Crippen LogP contribution in [0.15, 0.2) is 59.8 Å². The summed E-state index contributed by atoms with van der Waals surface area (Å²) >= 11 is 5.83. The van der Waals surface area contributed by atoms with Crippen molar-refractivity contribution in [1.29, 1.82) is 0 Å². The highest BCUT2D eigenvalue weighted by molar-refractivity contribution is 6.30. The van der Waals surface area contributed by atoms with Crippen LogP contribution in [0.4, 0.5) is 10.5 Å². The molecule has 3 amide bonds. The number of benzene rings is 2. The van der Waals surface area contributed by atoms with E-state index >= 15 is 0 Å². The molecule has 0 spiro atoms. The van der Waals surface area contributed by atoms with Gasteiger partial charge in [0.05, 0.1) is 18.7 Å². The maximum absolute atomic E-state index is 12.4. The van der Waals surface area contributed by atoms with Crippen molar-refractivity contribution in [3.63, 3.8) is 0 Å². The first-order valence-electron chi connectivity index (χ1n) is 9.41. The normalized spacial score (nSPS) is 15.9. The number of carbonyl (C=O) groups excluding carboxylic acids is 3. The zero-order valence-electron chi connectivity index (χ0n) is 17.3. The van der Waals surface area contributed by atoms with E-state index in [1.54, 1.807) is 62.5 Å². The zero-order valence-corrected chi connectivity index (χ0v) is 18.0. The van der Waals surface area contributed by atoms with Crippen molar-refractivity contribution in [2.75, 3.05) is 26.1 Å². The molecule has 1 heterocycles. The summed E-state index contributed by atoms with van der Waals surface area (Å²) in [4.78, 5) is 38.3. The first-order chi connectivity index (χ1) is 14.8. The number of anilines is 1. The fraction of sp³-hybridized carbons (Fsp3) is 0.227. The van der Waals surface area contributed by atoms with E-state index in [0.29, 0.717) is 33.3 Å². The van der Waals surface area contributed by atoms with Crippen molar-refractivity contribution in [3.8, 4) is 5.75 Å². The number of nitrogens with zero attached hydrogens (tertiary/aromatic N) is 1. The standard InChI is InChI=1S/C22H22ClN3O5/c1-13-19(21(28)30-3)20(25-22(29)26(13)2)14-5-4-6-16(11-14)24-18(27)12-31-17-9-7-15(23)8-10-17/h4-11,20H,12H2,1-3H3,(H,24,27)(H,25,29). The number of urea groups is 1. The van der Waals surface area contributed by atoms with Crippen LogP contribution in [-0.4, -0.2) is 43.6 Å². The molecule has 1 unspecified atom stereocenters. The van der Waals surface area contributed by atoms with Crippen LogP contribution in [0.25, 0.3) is 0 Å². The minimum absolute atomic E-state index is 0.191. The highest BCUT2D eigenvalue weighted by Crippen LogP contribution is 2.31. The molecule has 0 aromatic heterocycles. The summed E-state index contributed by atoms with van der Waals surface area (Å²) in [5.74, 6) is -0.384. The molecule has 1 aliphatic rings. The largest absolute Gasteiger partial charge is 0.484 e. The second-order valence-electron chi connectivity index (χ2n) is 6.85. The molecule has 0 fully saturated rings. The second-order valence-corrected chi connectivity index (χ2v) is 7.28. The van der Waals surface area contributed by atoms with Crippen LogP contribution in [0.2, 0.25) is 5.02 Å². The Bertz CT molecular complexity index is 1040. The van der Waals surface area contributed by atoms with Gasteiger partial charge in [-0.25, -0.2) is 9.59 Å². The molecular weight excluding hydrogens is 422 g/mol. The number of hydrogen-bond donors (Lipinski definition) is 2. The van der Waals surface area contributed by atoms with Crippen molar-refractivity contribution in [1.82, 2.24) is 10.2 Å². The number of allylic oxidation sites excluding steroid dienone is 1. The van der Waals surface area contributed by atoms with Gasteiger partial charge in [-0.05, 0) is 48.9 Å². The number of carbonyl (C=O) groups is 3. The molecule has 2 aromatic rings. The van der Waals surface area contributed by atoms with E-state index in [9.17, 15) is 14.4 Å². The van der Waals surface area contributed by atoms with Crippen molar-refractivity contribution < 1.29 is 23.9 Å². The Morgan fingerprint density at radius 1 is 1.19 bits per heavy atom. The lowest BCUT2D eigenvalue weighted by atomic mass is 9.94. The summed E-state index contributed by atoms with van der Waals surface area (Å²) in [6.07, 6.45) is 0.